The number of nitrogens with one attached hydrogen (secondary N) is 1. The Kier molecular flexibility index (Phi) is 7.79. The van der Waals surface area contributed by atoms with Gasteiger partial charge in [-0.15, -0.1) is 12.4 Å². The number of hydrogen-bond acceptors (Lipinski definition) is 2. The first-order valence-corrected chi connectivity index (χ1v) is 7.65. The first-order valence-electron chi connectivity index (χ1n) is 7.65. The van der Waals surface area contributed by atoms with Crippen molar-refractivity contribution < 1.29 is 9.90 Å². The van der Waals surface area contributed by atoms with E-state index in [1.807, 2.05) is 36.4 Å². The maximum atomic E-state index is 10.8. The summed E-state index contributed by atoms with van der Waals surface area (Å²) in [6, 6.07) is 18.8. The third-order valence-corrected chi connectivity index (χ3v) is 3.72. The minimum absolute atomic E-state index is 0. The van der Waals surface area contributed by atoms with Crippen molar-refractivity contribution in [3.8, 4) is 0 Å². The van der Waals surface area contributed by atoms with Crippen LogP contribution in [0.3, 0.4) is 0 Å². The van der Waals surface area contributed by atoms with Crippen molar-refractivity contribution in [3.63, 3.8) is 0 Å². The van der Waals surface area contributed by atoms with Crippen LogP contribution in [-0.4, -0.2) is 17.1 Å². The minimum Gasteiger partial charge on any atom is -0.481 e. The number of carbonyl (C=O) groups is 1. The summed E-state index contributed by atoms with van der Waals surface area (Å²) in [6.45, 7) is 4.32. The van der Waals surface area contributed by atoms with Gasteiger partial charge in [0.05, 0.1) is 6.42 Å². The van der Waals surface area contributed by atoms with Crippen molar-refractivity contribution in [1.82, 2.24) is 5.32 Å². The van der Waals surface area contributed by atoms with E-state index in [0.717, 1.165) is 12.0 Å². The van der Waals surface area contributed by atoms with Gasteiger partial charge in [0.15, 0.2) is 0 Å². The standard InChI is InChI=1S/C19H23NO2.ClH/c1-14(20-15(2)18-9-4-3-5-10-18)11-16-7-6-8-17(12-16)13-19(21)22;/h3-10,12,14-15,20H,11,13H2,1-2H3,(H,21,22);1H/t14-,15-;/m0./s1. The van der Waals surface area contributed by atoms with Gasteiger partial charge in [0.1, 0.15) is 0 Å². The third-order valence-electron chi connectivity index (χ3n) is 3.72. The number of carboxylic acids is 1. The second-order valence-corrected chi connectivity index (χ2v) is 5.79. The van der Waals surface area contributed by atoms with E-state index in [1.165, 1.54) is 11.1 Å². The summed E-state index contributed by atoms with van der Waals surface area (Å²) in [5.41, 5.74) is 3.29. The summed E-state index contributed by atoms with van der Waals surface area (Å²) in [6.07, 6.45) is 0.959. The molecule has 0 aliphatic heterocycles. The summed E-state index contributed by atoms with van der Waals surface area (Å²) in [5, 5.41) is 12.5. The lowest BCUT2D eigenvalue weighted by atomic mass is 10.0. The fourth-order valence-electron chi connectivity index (χ4n) is 2.72. The fourth-order valence-corrected chi connectivity index (χ4v) is 2.72. The lowest BCUT2D eigenvalue weighted by molar-refractivity contribution is -0.136. The second kappa shape index (κ2) is 9.33. The van der Waals surface area contributed by atoms with Crippen LogP contribution in [0.25, 0.3) is 0 Å². The highest BCUT2D eigenvalue weighted by atomic mass is 35.5. The Morgan fingerprint density at radius 1 is 1.04 bits per heavy atom. The van der Waals surface area contributed by atoms with Gasteiger partial charge in [0, 0.05) is 12.1 Å². The predicted octanol–water partition coefficient (Wildman–Crippen LogP) is 4.02. The molecule has 3 nitrogen and oxygen atoms in total. The van der Waals surface area contributed by atoms with Crippen LogP contribution in [0.1, 0.15) is 36.6 Å². The van der Waals surface area contributed by atoms with E-state index in [-0.39, 0.29) is 18.8 Å². The monoisotopic (exact) mass is 333 g/mol. The molecule has 0 aliphatic carbocycles. The van der Waals surface area contributed by atoms with Crippen LogP contribution in [-0.2, 0) is 17.6 Å². The first kappa shape index (κ1) is 19.2. The van der Waals surface area contributed by atoms with E-state index in [9.17, 15) is 4.79 Å². The van der Waals surface area contributed by atoms with Gasteiger partial charge >= 0.3 is 5.97 Å². The van der Waals surface area contributed by atoms with Gasteiger partial charge in [-0.3, -0.25) is 4.79 Å². The summed E-state index contributed by atoms with van der Waals surface area (Å²) in [4.78, 5) is 10.8. The molecule has 0 aliphatic rings. The highest BCUT2D eigenvalue weighted by Gasteiger charge is 2.10. The number of benzene rings is 2. The Morgan fingerprint density at radius 2 is 1.70 bits per heavy atom. The molecule has 0 saturated carbocycles. The van der Waals surface area contributed by atoms with Crippen molar-refractivity contribution in [2.24, 2.45) is 0 Å². The summed E-state index contributed by atoms with van der Waals surface area (Å²) >= 11 is 0. The second-order valence-electron chi connectivity index (χ2n) is 5.79. The molecular weight excluding hydrogens is 310 g/mol. The summed E-state index contributed by atoms with van der Waals surface area (Å²) in [5.74, 6) is -0.791. The van der Waals surface area contributed by atoms with E-state index in [4.69, 9.17) is 5.11 Å². The van der Waals surface area contributed by atoms with Crippen LogP contribution in [0.15, 0.2) is 54.6 Å². The van der Waals surface area contributed by atoms with Crippen molar-refractivity contribution in [2.75, 3.05) is 0 Å². The molecule has 0 aromatic heterocycles. The Morgan fingerprint density at radius 3 is 2.35 bits per heavy atom. The molecule has 124 valence electrons. The van der Waals surface area contributed by atoms with E-state index in [1.54, 1.807) is 0 Å². The summed E-state index contributed by atoms with van der Waals surface area (Å²) < 4.78 is 0. The van der Waals surface area contributed by atoms with Gasteiger partial charge in [-0.2, -0.15) is 0 Å². The molecule has 0 heterocycles. The average molecular weight is 334 g/mol. The molecule has 0 bridgehead atoms. The van der Waals surface area contributed by atoms with Crippen molar-refractivity contribution in [3.05, 3.63) is 71.3 Å². The van der Waals surface area contributed by atoms with Crippen molar-refractivity contribution >= 4 is 18.4 Å². The number of rotatable bonds is 7. The fraction of sp³-hybridized carbons (Fsp3) is 0.316. The maximum absolute atomic E-state index is 10.8. The third kappa shape index (κ3) is 6.43. The van der Waals surface area contributed by atoms with Crippen LogP contribution >= 0.6 is 12.4 Å². The minimum atomic E-state index is -0.791. The summed E-state index contributed by atoms with van der Waals surface area (Å²) in [7, 11) is 0. The topological polar surface area (TPSA) is 49.3 Å². The molecule has 2 aromatic carbocycles. The maximum Gasteiger partial charge on any atom is 0.307 e. The molecule has 0 spiro atoms. The molecule has 4 heteroatoms. The molecule has 2 N–H and O–H groups in total. The number of hydrogen-bond donors (Lipinski definition) is 2. The lowest BCUT2D eigenvalue weighted by Gasteiger charge is -2.20. The highest BCUT2D eigenvalue weighted by Crippen LogP contribution is 2.14. The molecule has 23 heavy (non-hydrogen) atoms. The molecule has 0 radical (unpaired) electrons. The molecule has 2 rings (SSSR count). The van der Waals surface area contributed by atoms with Gasteiger partial charge in [-0.1, -0.05) is 54.6 Å². The van der Waals surface area contributed by atoms with Crippen molar-refractivity contribution in [2.45, 2.75) is 38.8 Å². The van der Waals surface area contributed by atoms with Gasteiger partial charge in [-0.25, -0.2) is 0 Å². The smallest absolute Gasteiger partial charge is 0.307 e. The number of carboxylic acid groups (broad SMARTS) is 1. The van der Waals surface area contributed by atoms with Crippen LogP contribution < -0.4 is 5.32 Å². The molecule has 2 aromatic rings. The zero-order valence-corrected chi connectivity index (χ0v) is 14.3. The molecule has 2 atom stereocenters. The molecule has 0 saturated heterocycles. The van der Waals surface area contributed by atoms with Crippen molar-refractivity contribution in [1.29, 1.82) is 0 Å². The number of aliphatic carboxylic acids is 1. The zero-order chi connectivity index (χ0) is 15.9. The molecular formula is C19H24ClNO2. The SMILES string of the molecule is C[C@H](N[C@@H](C)Cc1cccc(CC(=O)O)c1)c1ccccc1.Cl. The van der Waals surface area contributed by atoms with Gasteiger partial charge < -0.3 is 10.4 Å². The quantitative estimate of drug-likeness (QED) is 0.804. The van der Waals surface area contributed by atoms with Gasteiger partial charge in [-0.05, 0) is 37.0 Å². The van der Waals surface area contributed by atoms with Crippen LogP contribution in [0, 0.1) is 0 Å². The lowest BCUT2D eigenvalue weighted by Crippen LogP contribution is -2.30. The zero-order valence-electron chi connectivity index (χ0n) is 13.5. The molecule has 0 unspecified atom stereocenters. The Bertz CT molecular complexity index is 616. The van der Waals surface area contributed by atoms with E-state index >= 15 is 0 Å². The number of halogens is 1. The Labute approximate surface area is 144 Å². The van der Waals surface area contributed by atoms with E-state index in [2.05, 4.69) is 37.4 Å². The van der Waals surface area contributed by atoms with Gasteiger partial charge in [0.25, 0.3) is 0 Å². The van der Waals surface area contributed by atoms with Crippen LogP contribution in [0.4, 0.5) is 0 Å². The largest absolute Gasteiger partial charge is 0.481 e. The van der Waals surface area contributed by atoms with E-state index in [0.29, 0.717) is 12.1 Å². The molecule has 0 amide bonds. The van der Waals surface area contributed by atoms with Crippen LogP contribution in [0.5, 0.6) is 0 Å². The molecule has 0 fully saturated rings. The highest BCUT2D eigenvalue weighted by molar-refractivity contribution is 5.85. The predicted molar refractivity (Wildman–Crippen MR) is 96.2 cm³/mol. The van der Waals surface area contributed by atoms with E-state index < -0.39 is 5.97 Å². The van der Waals surface area contributed by atoms with Crippen LogP contribution in [0.2, 0.25) is 0 Å². The van der Waals surface area contributed by atoms with Gasteiger partial charge in [0.2, 0.25) is 0 Å². The Balaban J connectivity index is 0.00000264. The first-order chi connectivity index (χ1) is 10.5. The Hall–Kier alpha value is -1.84. The normalized spacial score (nSPS) is 13.0. The average Bonchev–Trinajstić information content (AvgIpc) is 2.47.